The van der Waals surface area contributed by atoms with Crippen LogP contribution in [-0.2, 0) is 19.1 Å². The number of carbonyl (C=O) groups is 2. The zero-order valence-electron chi connectivity index (χ0n) is 15.8. The maximum atomic E-state index is 12.7. The van der Waals surface area contributed by atoms with Crippen LogP contribution in [0.15, 0.2) is 59.1 Å². The summed E-state index contributed by atoms with van der Waals surface area (Å²) in [6.07, 6.45) is 1.17. The van der Waals surface area contributed by atoms with Crippen molar-refractivity contribution in [3.05, 3.63) is 64.6 Å². The highest BCUT2D eigenvalue weighted by Gasteiger charge is 2.54. The van der Waals surface area contributed by atoms with Crippen LogP contribution in [0.2, 0.25) is 0 Å². The number of benzene rings is 2. The van der Waals surface area contributed by atoms with Crippen molar-refractivity contribution in [2.75, 3.05) is 19.0 Å². The lowest BCUT2D eigenvalue weighted by molar-refractivity contribution is -0.186. The standard InChI is InChI=1S/C21H20BrNO6/c1-3-28-20(25)19(23-15-8-10-16(27-2)11-9-15)21(26)18(24)12-17(29-21)13-4-6-14(22)7-5-13/h4-12,19,23,26H,3H2,1-2H3/t19-,21-/m1/s1. The molecule has 0 saturated carbocycles. The lowest BCUT2D eigenvalue weighted by Crippen LogP contribution is -2.56. The van der Waals surface area contributed by atoms with Crippen molar-refractivity contribution in [2.45, 2.75) is 18.8 Å². The summed E-state index contributed by atoms with van der Waals surface area (Å²) in [6.45, 7) is 1.71. The van der Waals surface area contributed by atoms with Crippen LogP contribution >= 0.6 is 15.9 Å². The van der Waals surface area contributed by atoms with Crippen LogP contribution in [-0.4, -0.2) is 42.4 Å². The number of ketones is 1. The molecular weight excluding hydrogens is 442 g/mol. The molecule has 2 atom stereocenters. The number of esters is 1. The van der Waals surface area contributed by atoms with Crippen molar-refractivity contribution in [2.24, 2.45) is 0 Å². The first-order valence-corrected chi connectivity index (χ1v) is 9.67. The molecule has 0 amide bonds. The second-order valence-electron chi connectivity index (χ2n) is 6.24. The molecule has 0 radical (unpaired) electrons. The first-order chi connectivity index (χ1) is 13.9. The number of rotatable bonds is 7. The Morgan fingerprint density at radius 2 is 1.86 bits per heavy atom. The summed E-state index contributed by atoms with van der Waals surface area (Å²) in [6, 6.07) is 12.2. The smallest absolute Gasteiger partial charge is 0.336 e. The summed E-state index contributed by atoms with van der Waals surface area (Å²) in [4.78, 5) is 25.2. The SMILES string of the molecule is CCOC(=O)[C@@H](Nc1ccc(OC)cc1)[C@]1(O)OC(c2ccc(Br)cc2)=CC1=O. The number of hydrogen-bond donors (Lipinski definition) is 2. The van der Waals surface area contributed by atoms with Gasteiger partial charge in [-0.15, -0.1) is 0 Å². The van der Waals surface area contributed by atoms with E-state index in [0.29, 0.717) is 17.0 Å². The normalized spacial score (nSPS) is 19.2. The minimum absolute atomic E-state index is 0.0803. The van der Waals surface area contributed by atoms with E-state index in [4.69, 9.17) is 14.2 Å². The zero-order valence-corrected chi connectivity index (χ0v) is 17.4. The summed E-state index contributed by atoms with van der Waals surface area (Å²) in [7, 11) is 1.53. The molecular formula is C21H20BrNO6. The van der Waals surface area contributed by atoms with E-state index in [2.05, 4.69) is 21.2 Å². The molecule has 152 valence electrons. The molecule has 1 aliphatic heterocycles. The average molecular weight is 462 g/mol. The summed E-state index contributed by atoms with van der Waals surface area (Å²) >= 11 is 3.34. The van der Waals surface area contributed by atoms with Gasteiger partial charge in [0.25, 0.3) is 0 Å². The summed E-state index contributed by atoms with van der Waals surface area (Å²) < 4.78 is 16.6. The van der Waals surface area contributed by atoms with Gasteiger partial charge in [-0.1, -0.05) is 28.1 Å². The van der Waals surface area contributed by atoms with E-state index >= 15 is 0 Å². The quantitative estimate of drug-likeness (QED) is 0.611. The molecule has 1 heterocycles. The Hall–Kier alpha value is -2.84. The van der Waals surface area contributed by atoms with Gasteiger partial charge in [0.2, 0.25) is 5.78 Å². The molecule has 7 nitrogen and oxygen atoms in total. The van der Waals surface area contributed by atoms with Crippen LogP contribution in [0, 0.1) is 0 Å². The van der Waals surface area contributed by atoms with Gasteiger partial charge < -0.3 is 24.6 Å². The molecule has 0 aromatic heterocycles. The Bertz CT molecular complexity index is 925. The van der Waals surface area contributed by atoms with Crippen molar-refractivity contribution in [3.8, 4) is 5.75 Å². The lowest BCUT2D eigenvalue weighted by Gasteiger charge is -2.30. The second kappa shape index (κ2) is 8.67. The average Bonchev–Trinajstić information content (AvgIpc) is 3.02. The summed E-state index contributed by atoms with van der Waals surface area (Å²) in [5.41, 5.74) is 1.07. The van der Waals surface area contributed by atoms with Gasteiger partial charge in [0.05, 0.1) is 13.7 Å². The van der Waals surface area contributed by atoms with Crippen molar-refractivity contribution in [1.82, 2.24) is 0 Å². The lowest BCUT2D eigenvalue weighted by atomic mass is 10.0. The molecule has 2 aromatic carbocycles. The minimum Gasteiger partial charge on any atom is -0.497 e. The number of carbonyl (C=O) groups excluding carboxylic acids is 2. The van der Waals surface area contributed by atoms with Gasteiger partial charge in [0.1, 0.15) is 11.5 Å². The molecule has 0 fully saturated rings. The van der Waals surface area contributed by atoms with E-state index < -0.39 is 23.6 Å². The monoisotopic (exact) mass is 461 g/mol. The van der Waals surface area contributed by atoms with Gasteiger partial charge in [-0.2, -0.15) is 0 Å². The van der Waals surface area contributed by atoms with Crippen molar-refractivity contribution in [3.63, 3.8) is 0 Å². The van der Waals surface area contributed by atoms with Gasteiger partial charge in [-0.25, -0.2) is 4.79 Å². The van der Waals surface area contributed by atoms with Crippen LogP contribution in [0.4, 0.5) is 5.69 Å². The highest BCUT2D eigenvalue weighted by Crippen LogP contribution is 2.34. The van der Waals surface area contributed by atoms with Crippen molar-refractivity contribution < 1.29 is 28.9 Å². The topological polar surface area (TPSA) is 94.1 Å². The van der Waals surface area contributed by atoms with E-state index in [-0.39, 0.29) is 12.4 Å². The third-order valence-corrected chi connectivity index (χ3v) is 4.85. The van der Waals surface area contributed by atoms with E-state index in [1.807, 2.05) is 0 Å². The highest BCUT2D eigenvalue weighted by molar-refractivity contribution is 9.10. The predicted octanol–water partition coefficient (Wildman–Crippen LogP) is 3.13. The number of ether oxygens (including phenoxy) is 3. The van der Waals surface area contributed by atoms with Gasteiger partial charge in [0, 0.05) is 21.8 Å². The van der Waals surface area contributed by atoms with Gasteiger partial charge in [-0.3, -0.25) is 4.79 Å². The molecule has 8 heteroatoms. The van der Waals surface area contributed by atoms with E-state index in [0.717, 1.165) is 4.47 Å². The third-order valence-electron chi connectivity index (χ3n) is 4.32. The van der Waals surface area contributed by atoms with Crippen LogP contribution < -0.4 is 10.1 Å². The van der Waals surface area contributed by atoms with E-state index in [1.54, 1.807) is 55.5 Å². The second-order valence-corrected chi connectivity index (χ2v) is 7.15. The molecule has 0 bridgehead atoms. The van der Waals surface area contributed by atoms with Crippen LogP contribution in [0.25, 0.3) is 5.76 Å². The van der Waals surface area contributed by atoms with Crippen LogP contribution in [0.3, 0.4) is 0 Å². The van der Waals surface area contributed by atoms with Gasteiger partial charge in [-0.05, 0) is 43.3 Å². The fourth-order valence-corrected chi connectivity index (χ4v) is 3.09. The Morgan fingerprint density at radius 3 is 2.45 bits per heavy atom. The molecule has 0 spiro atoms. The zero-order chi connectivity index (χ0) is 21.0. The van der Waals surface area contributed by atoms with Crippen molar-refractivity contribution in [1.29, 1.82) is 0 Å². The summed E-state index contributed by atoms with van der Waals surface area (Å²) in [5, 5.41) is 13.9. The number of nitrogens with one attached hydrogen (secondary N) is 1. The first-order valence-electron chi connectivity index (χ1n) is 8.88. The summed E-state index contributed by atoms with van der Waals surface area (Å²) in [5.74, 6) is -3.24. The van der Waals surface area contributed by atoms with Crippen LogP contribution in [0.1, 0.15) is 12.5 Å². The molecule has 1 aliphatic rings. The first kappa shape index (κ1) is 20.9. The molecule has 0 saturated heterocycles. The maximum Gasteiger partial charge on any atom is 0.336 e. The largest absolute Gasteiger partial charge is 0.497 e. The van der Waals surface area contributed by atoms with E-state index in [9.17, 15) is 14.7 Å². The number of anilines is 1. The molecule has 0 aliphatic carbocycles. The number of methoxy groups -OCH3 is 1. The number of halogens is 1. The van der Waals surface area contributed by atoms with Crippen LogP contribution in [0.5, 0.6) is 5.75 Å². The number of hydrogen-bond acceptors (Lipinski definition) is 7. The molecule has 2 N–H and O–H groups in total. The molecule has 3 rings (SSSR count). The third kappa shape index (κ3) is 4.44. The molecule has 29 heavy (non-hydrogen) atoms. The fraction of sp³-hybridized carbons (Fsp3) is 0.238. The Kier molecular flexibility index (Phi) is 6.24. The van der Waals surface area contributed by atoms with E-state index in [1.165, 1.54) is 13.2 Å². The molecule has 0 unspecified atom stereocenters. The van der Waals surface area contributed by atoms with Gasteiger partial charge in [0.15, 0.2) is 6.04 Å². The number of aliphatic hydroxyl groups is 1. The Morgan fingerprint density at radius 1 is 1.21 bits per heavy atom. The molecule has 2 aromatic rings. The Labute approximate surface area is 176 Å². The fourth-order valence-electron chi connectivity index (χ4n) is 2.82. The van der Waals surface area contributed by atoms with Crippen molar-refractivity contribution >= 4 is 39.1 Å². The predicted molar refractivity (Wildman–Crippen MR) is 110 cm³/mol. The highest BCUT2D eigenvalue weighted by atomic mass is 79.9. The minimum atomic E-state index is -2.45. The Balaban J connectivity index is 1.88. The van der Waals surface area contributed by atoms with Gasteiger partial charge >= 0.3 is 11.8 Å². The maximum absolute atomic E-state index is 12.7.